The van der Waals surface area contributed by atoms with Crippen molar-refractivity contribution in [3.63, 3.8) is 0 Å². The highest BCUT2D eigenvalue weighted by atomic mass is 16.4. The summed E-state index contributed by atoms with van der Waals surface area (Å²) in [5, 5.41) is 2.96. The quantitative estimate of drug-likeness (QED) is 0.752. The van der Waals surface area contributed by atoms with Crippen molar-refractivity contribution in [2.24, 2.45) is 7.05 Å². The predicted octanol–water partition coefficient (Wildman–Crippen LogP) is 2.73. The summed E-state index contributed by atoms with van der Waals surface area (Å²) in [6.45, 7) is 2.64. The summed E-state index contributed by atoms with van der Waals surface area (Å²) in [5.41, 5.74) is 4.84. The van der Waals surface area contributed by atoms with Gasteiger partial charge in [-0.3, -0.25) is 9.36 Å². The zero-order chi connectivity index (χ0) is 17.8. The SMILES string of the molecule is Cc1ccccc1CCC(=O)NCCc1ccc2oc(=O)n(C)c2c1. The number of rotatable bonds is 6. The second-order valence-corrected chi connectivity index (χ2v) is 6.26. The molecule has 3 aromatic rings. The minimum absolute atomic E-state index is 0.0556. The average Bonchev–Trinajstić information content (AvgIpc) is 2.88. The summed E-state index contributed by atoms with van der Waals surface area (Å²) < 4.78 is 6.60. The summed E-state index contributed by atoms with van der Waals surface area (Å²) in [6, 6.07) is 13.8. The number of hydrogen-bond acceptors (Lipinski definition) is 3. The lowest BCUT2D eigenvalue weighted by Gasteiger charge is -2.07. The van der Waals surface area contributed by atoms with Crippen molar-refractivity contribution in [1.29, 1.82) is 0 Å². The van der Waals surface area contributed by atoms with Crippen LogP contribution in [-0.2, 0) is 24.7 Å². The van der Waals surface area contributed by atoms with Gasteiger partial charge in [0.2, 0.25) is 5.91 Å². The van der Waals surface area contributed by atoms with Crippen LogP contribution in [0.5, 0.6) is 0 Å². The van der Waals surface area contributed by atoms with E-state index in [9.17, 15) is 9.59 Å². The molecule has 0 aliphatic rings. The van der Waals surface area contributed by atoms with Gasteiger partial charge in [-0.2, -0.15) is 0 Å². The van der Waals surface area contributed by atoms with E-state index in [4.69, 9.17) is 4.42 Å². The molecule has 0 radical (unpaired) electrons. The Morgan fingerprint density at radius 2 is 1.96 bits per heavy atom. The number of nitrogens with zero attached hydrogens (tertiary/aromatic N) is 1. The summed E-state index contributed by atoms with van der Waals surface area (Å²) in [5.74, 6) is -0.309. The molecular weight excluding hydrogens is 316 g/mol. The molecular formula is C20H22N2O3. The molecule has 0 spiro atoms. The first-order valence-electron chi connectivity index (χ1n) is 8.44. The molecule has 0 atom stereocenters. The second kappa shape index (κ2) is 7.38. The molecule has 130 valence electrons. The molecule has 1 aromatic heterocycles. The molecule has 0 fully saturated rings. The predicted molar refractivity (Wildman–Crippen MR) is 97.7 cm³/mol. The van der Waals surface area contributed by atoms with E-state index >= 15 is 0 Å². The van der Waals surface area contributed by atoms with Gasteiger partial charge in [-0.15, -0.1) is 0 Å². The number of aromatic nitrogens is 1. The molecule has 25 heavy (non-hydrogen) atoms. The molecule has 1 amide bonds. The van der Waals surface area contributed by atoms with E-state index in [1.165, 1.54) is 15.7 Å². The zero-order valence-corrected chi connectivity index (χ0v) is 14.5. The number of fused-ring (bicyclic) bond motifs is 1. The normalized spacial score (nSPS) is 11.0. The zero-order valence-electron chi connectivity index (χ0n) is 14.5. The molecule has 3 rings (SSSR count). The van der Waals surface area contributed by atoms with E-state index in [1.807, 2.05) is 24.3 Å². The highest BCUT2D eigenvalue weighted by Crippen LogP contribution is 2.14. The summed E-state index contributed by atoms with van der Waals surface area (Å²) >= 11 is 0. The fourth-order valence-corrected chi connectivity index (χ4v) is 2.90. The van der Waals surface area contributed by atoms with Gasteiger partial charge in [-0.05, 0) is 48.6 Å². The number of hydrogen-bond donors (Lipinski definition) is 1. The van der Waals surface area contributed by atoms with Crippen LogP contribution in [0.3, 0.4) is 0 Å². The lowest BCUT2D eigenvalue weighted by atomic mass is 10.0. The standard InChI is InChI=1S/C20H22N2O3/c1-14-5-3-4-6-16(14)8-10-19(23)21-12-11-15-7-9-18-17(13-15)22(2)20(24)25-18/h3-7,9,13H,8,10-12H2,1-2H3,(H,21,23). The Labute approximate surface area is 146 Å². The van der Waals surface area contributed by atoms with Crippen molar-refractivity contribution in [1.82, 2.24) is 9.88 Å². The van der Waals surface area contributed by atoms with Crippen LogP contribution in [0.2, 0.25) is 0 Å². The van der Waals surface area contributed by atoms with Crippen LogP contribution in [0.15, 0.2) is 51.7 Å². The Balaban J connectivity index is 1.51. The summed E-state index contributed by atoms with van der Waals surface area (Å²) in [7, 11) is 1.69. The van der Waals surface area contributed by atoms with Gasteiger partial charge >= 0.3 is 5.76 Å². The van der Waals surface area contributed by atoms with Crippen molar-refractivity contribution in [3.05, 3.63) is 69.7 Å². The smallest absolute Gasteiger partial charge is 0.408 e. The van der Waals surface area contributed by atoms with E-state index in [0.717, 1.165) is 17.5 Å². The monoisotopic (exact) mass is 338 g/mol. The maximum atomic E-state index is 12.0. The molecule has 2 aromatic carbocycles. The summed E-state index contributed by atoms with van der Waals surface area (Å²) in [6.07, 6.45) is 1.95. The van der Waals surface area contributed by atoms with Crippen LogP contribution in [0, 0.1) is 6.92 Å². The largest absolute Gasteiger partial charge is 0.419 e. The van der Waals surface area contributed by atoms with E-state index in [1.54, 1.807) is 13.1 Å². The third-order valence-electron chi connectivity index (χ3n) is 4.47. The van der Waals surface area contributed by atoms with E-state index < -0.39 is 0 Å². The van der Waals surface area contributed by atoms with Gasteiger partial charge in [0.25, 0.3) is 0 Å². The molecule has 1 N–H and O–H groups in total. The second-order valence-electron chi connectivity index (χ2n) is 6.26. The number of carbonyl (C=O) groups excluding carboxylic acids is 1. The number of benzene rings is 2. The molecule has 0 aliphatic heterocycles. The molecule has 5 heteroatoms. The van der Waals surface area contributed by atoms with Gasteiger partial charge in [-0.25, -0.2) is 4.79 Å². The molecule has 0 saturated heterocycles. The maximum Gasteiger partial charge on any atom is 0.419 e. The van der Waals surface area contributed by atoms with Crippen molar-refractivity contribution < 1.29 is 9.21 Å². The fraction of sp³-hybridized carbons (Fsp3) is 0.300. The van der Waals surface area contributed by atoms with Gasteiger partial charge < -0.3 is 9.73 Å². The molecule has 0 bridgehead atoms. The highest BCUT2D eigenvalue weighted by molar-refractivity contribution is 5.76. The summed E-state index contributed by atoms with van der Waals surface area (Å²) in [4.78, 5) is 23.5. The lowest BCUT2D eigenvalue weighted by Crippen LogP contribution is -2.25. The highest BCUT2D eigenvalue weighted by Gasteiger charge is 2.07. The molecule has 5 nitrogen and oxygen atoms in total. The van der Waals surface area contributed by atoms with Gasteiger partial charge in [0.05, 0.1) is 5.52 Å². The van der Waals surface area contributed by atoms with E-state index in [2.05, 4.69) is 24.4 Å². The van der Waals surface area contributed by atoms with Gasteiger partial charge in [0.15, 0.2) is 5.58 Å². The Morgan fingerprint density at radius 1 is 1.16 bits per heavy atom. The first kappa shape index (κ1) is 17.0. The van der Waals surface area contributed by atoms with Gasteiger partial charge in [0, 0.05) is 20.0 Å². The molecule has 0 saturated carbocycles. The number of oxazole rings is 1. The third kappa shape index (κ3) is 3.99. The van der Waals surface area contributed by atoms with Crippen LogP contribution in [0.4, 0.5) is 0 Å². The first-order chi connectivity index (χ1) is 12.0. The van der Waals surface area contributed by atoms with Gasteiger partial charge in [-0.1, -0.05) is 30.3 Å². The third-order valence-corrected chi connectivity index (χ3v) is 4.47. The Hall–Kier alpha value is -2.82. The van der Waals surface area contributed by atoms with Crippen LogP contribution < -0.4 is 11.1 Å². The molecule has 0 unspecified atom stereocenters. The topological polar surface area (TPSA) is 64.2 Å². The Bertz CT molecular complexity index is 953. The first-order valence-corrected chi connectivity index (χ1v) is 8.44. The van der Waals surface area contributed by atoms with Crippen LogP contribution in [0.25, 0.3) is 11.1 Å². The van der Waals surface area contributed by atoms with Crippen LogP contribution in [-0.4, -0.2) is 17.0 Å². The minimum atomic E-state index is -0.364. The molecule has 1 heterocycles. The van der Waals surface area contributed by atoms with Crippen LogP contribution in [0.1, 0.15) is 23.1 Å². The number of nitrogens with one attached hydrogen (secondary N) is 1. The van der Waals surface area contributed by atoms with Crippen molar-refractivity contribution in [3.8, 4) is 0 Å². The average molecular weight is 338 g/mol. The fourth-order valence-electron chi connectivity index (χ4n) is 2.90. The minimum Gasteiger partial charge on any atom is -0.408 e. The van der Waals surface area contributed by atoms with E-state index in [-0.39, 0.29) is 11.7 Å². The van der Waals surface area contributed by atoms with Crippen LogP contribution >= 0.6 is 0 Å². The number of aryl methyl sites for hydroxylation is 3. The van der Waals surface area contributed by atoms with Gasteiger partial charge in [0.1, 0.15) is 0 Å². The Kier molecular flexibility index (Phi) is 5.03. The van der Waals surface area contributed by atoms with Crippen molar-refractivity contribution in [2.45, 2.75) is 26.2 Å². The van der Waals surface area contributed by atoms with Crippen molar-refractivity contribution in [2.75, 3.05) is 6.54 Å². The maximum absolute atomic E-state index is 12.0. The Morgan fingerprint density at radius 3 is 2.76 bits per heavy atom. The van der Waals surface area contributed by atoms with E-state index in [0.29, 0.717) is 25.0 Å². The number of amides is 1. The molecule has 0 aliphatic carbocycles. The lowest BCUT2D eigenvalue weighted by molar-refractivity contribution is -0.121. The number of carbonyl (C=O) groups is 1. The van der Waals surface area contributed by atoms with Crippen molar-refractivity contribution >= 4 is 17.0 Å².